The molecule has 1 N–H and O–H groups in total. The van der Waals surface area contributed by atoms with Gasteiger partial charge >= 0.3 is 0 Å². The van der Waals surface area contributed by atoms with E-state index >= 15 is 0 Å². The molecule has 100 valence electrons. The van der Waals surface area contributed by atoms with Crippen LogP contribution in [0.15, 0.2) is 47.1 Å². The predicted molar refractivity (Wildman–Crippen MR) is 80.9 cm³/mol. The Bertz CT molecular complexity index is 782. The fraction of sp³-hybridized carbons (Fsp3) is 0.0714. The maximum absolute atomic E-state index is 11.3. The van der Waals surface area contributed by atoms with Crippen molar-refractivity contribution >= 4 is 38.8 Å². The number of fused-ring (bicyclic) bond motifs is 1. The summed E-state index contributed by atoms with van der Waals surface area (Å²) in [6.45, 7) is 1.46. The molecule has 5 nitrogen and oxygen atoms in total. The maximum atomic E-state index is 11.3. The van der Waals surface area contributed by atoms with Gasteiger partial charge in [-0.2, -0.15) is 0 Å². The number of imidazole rings is 1. The molecule has 3 aromatic rings. The van der Waals surface area contributed by atoms with E-state index in [2.05, 4.69) is 31.2 Å². The summed E-state index contributed by atoms with van der Waals surface area (Å²) in [6.07, 6.45) is 1.71. The minimum absolute atomic E-state index is 0.170. The van der Waals surface area contributed by atoms with Crippen LogP contribution in [0.2, 0.25) is 0 Å². The third-order valence-electron chi connectivity index (χ3n) is 2.78. The number of carbonyl (C=O) groups excluding carboxylic acids is 1. The molecule has 0 saturated carbocycles. The Hall–Kier alpha value is -2.21. The van der Waals surface area contributed by atoms with Crippen molar-refractivity contribution in [1.82, 2.24) is 14.5 Å². The molecule has 0 bridgehead atoms. The molecule has 0 atom stereocenters. The molecule has 6 heteroatoms. The van der Waals surface area contributed by atoms with Gasteiger partial charge in [0.15, 0.2) is 0 Å². The second kappa shape index (κ2) is 5.05. The highest BCUT2D eigenvalue weighted by Crippen LogP contribution is 2.26. The lowest BCUT2D eigenvalue weighted by Gasteiger charge is -2.07. The second-order valence-electron chi connectivity index (χ2n) is 4.27. The van der Waals surface area contributed by atoms with Crippen molar-refractivity contribution in [2.24, 2.45) is 0 Å². The lowest BCUT2D eigenvalue weighted by Crippen LogP contribution is -2.11. The second-order valence-corrected chi connectivity index (χ2v) is 5.19. The van der Waals surface area contributed by atoms with Crippen molar-refractivity contribution in [2.45, 2.75) is 6.92 Å². The van der Waals surface area contributed by atoms with E-state index in [9.17, 15) is 4.79 Å². The minimum atomic E-state index is -0.170. The van der Waals surface area contributed by atoms with Gasteiger partial charge in [0.1, 0.15) is 5.82 Å². The lowest BCUT2D eigenvalue weighted by atomic mass is 10.3. The van der Waals surface area contributed by atoms with Gasteiger partial charge in [-0.25, -0.2) is 9.97 Å². The van der Waals surface area contributed by atoms with Crippen LogP contribution in [0.4, 0.5) is 5.95 Å². The first kappa shape index (κ1) is 12.8. The Morgan fingerprint density at radius 3 is 2.85 bits per heavy atom. The van der Waals surface area contributed by atoms with Gasteiger partial charge in [0, 0.05) is 17.6 Å². The van der Waals surface area contributed by atoms with Gasteiger partial charge in [0.05, 0.1) is 11.0 Å². The summed E-state index contributed by atoms with van der Waals surface area (Å²) < 4.78 is 2.76. The Labute approximate surface area is 123 Å². The monoisotopic (exact) mass is 330 g/mol. The highest BCUT2D eigenvalue weighted by molar-refractivity contribution is 9.10. The number of rotatable bonds is 2. The van der Waals surface area contributed by atoms with Crippen molar-refractivity contribution in [3.05, 3.63) is 47.1 Å². The molecule has 20 heavy (non-hydrogen) atoms. The number of pyridine rings is 1. The van der Waals surface area contributed by atoms with Gasteiger partial charge in [-0.05, 0) is 30.3 Å². The van der Waals surface area contributed by atoms with E-state index in [0.29, 0.717) is 11.8 Å². The van der Waals surface area contributed by atoms with Crippen LogP contribution in [0.25, 0.3) is 16.9 Å². The van der Waals surface area contributed by atoms with Crippen molar-refractivity contribution in [3.8, 4) is 5.82 Å². The van der Waals surface area contributed by atoms with Crippen LogP contribution in [0.5, 0.6) is 0 Å². The predicted octanol–water partition coefficient (Wildman–Crippen LogP) is 3.14. The number of amides is 1. The molecule has 3 rings (SSSR count). The fourth-order valence-electron chi connectivity index (χ4n) is 2.01. The number of nitrogens with one attached hydrogen (secondary N) is 1. The highest BCUT2D eigenvalue weighted by atomic mass is 79.9. The molecule has 2 aromatic heterocycles. The first-order valence-corrected chi connectivity index (χ1v) is 6.81. The Morgan fingerprint density at radius 2 is 2.15 bits per heavy atom. The van der Waals surface area contributed by atoms with E-state index in [1.165, 1.54) is 6.92 Å². The third-order valence-corrected chi connectivity index (χ3v) is 3.28. The zero-order valence-corrected chi connectivity index (χ0v) is 12.3. The fourth-order valence-corrected chi connectivity index (χ4v) is 2.36. The number of hydrogen-bond donors (Lipinski definition) is 1. The number of benzene rings is 1. The molecular formula is C14H11BrN4O. The molecule has 2 heterocycles. The zero-order valence-electron chi connectivity index (χ0n) is 10.7. The highest BCUT2D eigenvalue weighted by Gasteiger charge is 2.14. The number of nitrogens with zero attached hydrogens (tertiary/aromatic N) is 3. The summed E-state index contributed by atoms with van der Waals surface area (Å²) in [6, 6.07) is 11.4. The van der Waals surface area contributed by atoms with E-state index in [1.54, 1.807) is 6.20 Å². The van der Waals surface area contributed by atoms with E-state index in [1.807, 2.05) is 41.0 Å². The number of anilines is 1. The van der Waals surface area contributed by atoms with Gasteiger partial charge in [0.2, 0.25) is 11.9 Å². The zero-order chi connectivity index (χ0) is 14.1. The Kier molecular flexibility index (Phi) is 3.23. The van der Waals surface area contributed by atoms with Crippen molar-refractivity contribution in [3.63, 3.8) is 0 Å². The maximum Gasteiger partial charge on any atom is 0.223 e. The SMILES string of the molecule is CC(=O)Nc1nc2ccc(Br)cc2n1-c1ccccn1. The number of aromatic nitrogens is 3. The van der Waals surface area contributed by atoms with Crippen molar-refractivity contribution in [1.29, 1.82) is 0 Å². The van der Waals surface area contributed by atoms with Crippen molar-refractivity contribution < 1.29 is 4.79 Å². The summed E-state index contributed by atoms with van der Waals surface area (Å²) in [5, 5.41) is 2.74. The summed E-state index contributed by atoms with van der Waals surface area (Å²) in [5.41, 5.74) is 1.67. The van der Waals surface area contributed by atoms with E-state index in [4.69, 9.17) is 0 Å². The van der Waals surface area contributed by atoms with Gasteiger partial charge in [0.25, 0.3) is 0 Å². The Balaban J connectivity index is 2.30. The quantitative estimate of drug-likeness (QED) is 0.785. The molecule has 0 fully saturated rings. The summed E-state index contributed by atoms with van der Waals surface area (Å²) >= 11 is 3.45. The van der Waals surface area contributed by atoms with Crippen LogP contribution < -0.4 is 5.32 Å². The molecule has 0 aliphatic heterocycles. The van der Waals surface area contributed by atoms with Crippen LogP contribution in [0, 0.1) is 0 Å². The molecule has 0 radical (unpaired) electrons. The average molecular weight is 331 g/mol. The molecule has 1 amide bonds. The average Bonchev–Trinajstić information content (AvgIpc) is 2.76. The molecule has 0 aliphatic rings. The largest absolute Gasteiger partial charge is 0.296 e. The van der Waals surface area contributed by atoms with E-state index < -0.39 is 0 Å². The van der Waals surface area contributed by atoms with Gasteiger partial charge in [-0.1, -0.05) is 22.0 Å². The molecule has 0 spiro atoms. The van der Waals surface area contributed by atoms with Gasteiger partial charge in [-0.3, -0.25) is 14.7 Å². The molecule has 1 aromatic carbocycles. The van der Waals surface area contributed by atoms with Gasteiger partial charge < -0.3 is 0 Å². The van der Waals surface area contributed by atoms with E-state index in [-0.39, 0.29) is 5.91 Å². The normalized spacial score (nSPS) is 10.7. The Morgan fingerprint density at radius 1 is 1.30 bits per heavy atom. The smallest absolute Gasteiger partial charge is 0.223 e. The minimum Gasteiger partial charge on any atom is -0.296 e. The summed E-state index contributed by atoms with van der Waals surface area (Å²) in [4.78, 5) is 20.1. The first-order valence-electron chi connectivity index (χ1n) is 6.02. The molecule has 0 aliphatic carbocycles. The number of carbonyl (C=O) groups is 1. The summed E-state index contributed by atoms with van der Waals surface area (Å²) in [5.74, 6) is 0.998. The van der Waals surface area contributed by atoms with Crippen molar-refractivity contribution in [2.75, 3.05) is 5.32 Å². The van der Waals surface area contributed by atoms with Crippen LogP contribution >= 0.6 is 15.9 Å². The van der Waals surface area contributed by atoms with E-state index in [0.717, 1.165) is 15.5 Å². The lowest BCUT2D eigenvalue weighted by molar-refractivity contribution is -0.114. The first-order chi connectivity index (χ1) is 9.65. The standard InChI is InChI=1S/C14H11BrN4O/c1-9(20)17-14-18-11-6-5-10(15)8-12(11)19(14)13-4-2-3-7-16-13/h2-8H,1H3,(H,17,18,20). The molecule has 0 unspecified atom stereocenters. The van der Waals surface area contributed by atoms with Crippen LogP contribution in [-0.4, -0.2) is 20.4 Å². The number of hydrogen-bond acceptors (Lipinski definition) is 3. The van der Waals surface area contributed by atoms with Crippen LogP contribution in [-0.2, 0) is 4.79 Å². The molecule has 0 saturated heterocycles. The van der Waals surface area contributed by atoms with Gasteiger partial charge in [-0.15, -0.1) is 0 Å². The summed E-state index contributed by atoms with van der Waals surface area (Å²) in [7, 11) is 0. The number of halogens is 1. The van der Waals surface area contributed by atoms with Crippen LogP contribution in [0.1, 0.15) is 6.92 Å². The molecular weight excluding hydrogens is 320 g/mol. The van der Waals surface area contributed by atoms with Crippen LogP contribution in [0.3, 0.4) is 0 Å². The third kappa shape index (κ3) is 2.30. The topological polar surface area (TPSA) is 59.8 Å².